The second-order valence-corrected chi connectivity index (χ2v) is 6.70. The summed E-state index contributed by atoms with van der Waals surface area (Å²) in [7, 11) is 1.81. The van der Waals surface area contributed by atoms with Crippen LogP contribution in [-0.2, 0) is 9.59 Å². The summed E-state index contributed by atoms with van der Waals surface area (Å²) >= 11 is 0. The van der Waals surface area contributed by atoms with Crippen molar-refractivity contribution >= 4 is 11.8 Å². The first kappa shape index (κ1) is 15.3. The average Bonchev–Trinajstić information content (AvgIpc) is 2.86. The predicted octanol–water partition coefficient (Wildman–Crippen LogP) is 0.845. The number of piperazine rings is 1. The average molecular weight is 281 g/mol. The number of hydrogen-bond donors (Lipinski definition) is 1. The van der Waals surface area contributed by atoms with Crippen LogP contribution in [0, 0.1) is 5.41 Å². The number of nitrogens with one attached hydrogen (secondary N) is 1. The van der Waals surface area contributed by atoms with Gasteiger partial charge in [-0.05, 0) is 33.2 Å². The van der Waals surface area contributed by atoms with E-state index in [0.717, 1.165) is 32.4 Å². The van der Waals surface area contributed by atoms with E-state index in [0.29, 0.717) is 13.1 Å². The van der Waals surface area contributed by atoms with Gasteiger partial charge in [-0.3, -0.25) is 9.59 Å². The molecule has 2 fully saturated rings. The van der Waals surface area contributed by atoms with E-state index in [9.17, 15) is 9.59 Å². The highest BCUT2D eigenvalue weighted by Gasteiger charge is 2.50. The molecule has 0 aliphatic carbocycles. The summed E-state index contributed by atoms with van der Waals surface area (Å²) in [6.45, 7) is 8.76. The molecular weight excluding hydrogens is 254 g/mol. The van der Waals surface area contributed by atoms with Crippen LogP contribution in [-0.4, -0.2) is 60.4 Å². The van der Waals surface area contributed by atoms with E-state index in [1.54, 1.807) is 4.90 Å². The number of amides is 2. The number of carbonyl (C=O) groups is 2. The summed E-state index contributed by atoms with van der Waals surface area (Å²) in [5, 5.41) is 3.32. The van der Waals surface area contributed by atoms with Crippen molar-refractivity contribution < 1.29 is 9.59 Å². The highest BCUT2D eigenvalue weighted by molar-refractivity contribution is 5.94. The Morgan fingerprint density at radius 1 is 1.35 bits per heavy atom. The van der Waals surface area contributed by atoms with Crippen molar-refractivity contribution in [2.75, 3.05) is 33.2 Å². The fraction of sp³-hybridized carbons (Fsp3) is 0.867. The van der Waals surface area contributed by atoms with E-state index < -0.39 is 5.54 Å². The lowest BCUT2D eigenvalue weighted by Crippen LogP contribution is -2.66. The van der Waals surface area contributed by atoms with Gasteiger partial charge in [0.1, 0.15) is 5.54 Å². The summed E-state index contributed by atoms with van der Waals surface area (Å²) in [5.41, 5.74) is -1.03. The molecule has 0 bridgehead atoms. The van der Waals surface area contributed by atoms with Gasteiger partial charge in [-0.1, -0.05) is 13.3 Å². The summed E-state index contributed by atoms with van der Waals surface area (Å²) in [5.74, 6) is 0.200. The Morgan fingerprint density at radius 3 is 2.60 bits per heavy atom. The molecule has 0 aromatic heterocycles. The fourth-order valence-corrected chi connectivity index (χ4v) is 3.58. The van der Waals surface area contributed by atoms with Crippen molar-refractivity contribution in [3.05, 3.63) is 0 Å². The monoisotopic (exact) mass is 281 g/mol. The molecule has 20 heavy (non-hydrogen) atoms. The molecule has 0 radical (unpaired) electrons. The lowest BCUT2D eigenvalue weighted by Gasteiger charge is -2.47. The third-order valence-corrected chi connectivity index (χ3v) is 4.87. The zero-order valence-electron chi connectivity index (χ0n) is 13.2. The van der Waals surface area contributed by atoms with Gasteiger partial charge in [0.05, 0.1) is 5.41 Å². The molecule has 2 rings (SSSR count). The van der Waals surface area contributed by atoms with Crippen LogP contribution in [0.15, 0.2) is 0 Å². The number of nitrogens with zero attached hydrogens (tertiary/aromatic N) is 2. The molecule has 5 heteroatoms. The van der Waals surface area contributed by atoms with Gasteiger partial charge in [0.2, 0.25) is 11.8 Å². The molecule has 1 unspecified atom stereocenters. The minimum Gasteiger partial charge on any atom is -0.342 e. The minimum atomic E-state index is -0.729. The van der Waals surface area contributed by atoms with Crippen molar-refractivity contribution in [3.63, 3.8) is 0 Å². The molecule has 0 spiro atoms. The molecule has 2 amide bonds. The van der Waals surface area contributed by atoms with E-state index >= 15 is 0 Å². The molecular formula is C15H27N3O2. The third-order valence-electron chi connectivity index (χ3n) is 4.87. The van der Waals surface area contributed by atoms with Crippen LogP contribution >= 0.6 is 0 Å². The zero-order valence-corrected chi connectivity index (χ0v) is 13.2. The summed E-state index contributed by atoms with van der Waals surface area (Å²) < 4.78 is 0. The minimum absolute atomic E-state index is 0.0368. The molecule has 0 saturated carbocycles. The van der Waals surface area contributed by atoms with Crippen LogP contribution in [0.2, 0.25) is 0 Å². The highest BCUT2D eigenvalue weighted by Crippen LogP contribution is 2.36. The van der Waals surface area contributed by atoms with Gasteiger partial charge in [0, 0.05) is 26.7 Å². The largest absolute Gasteiger partial charge is 0.342 e. The highest BCUT2D eigenvalue weighted by atomic mass is 16.2. The quantitative estimate of drug-likeness (QED) is 0.834. The van der Waals surface area contributed by atoms with E-state index in [1.807, 2.05) is 25.8 Å². The molecule has 2 aliphatic heterocycles. The number of rotatable bonds is 3. The van der Waals surface area contributed by atoms with Crippen LogP contribution < -0.4 is 5.32 Å². The summed E-state index contributed by atoms with van der Waals surface area (Å²) in [4.78, 5) is 29.0. The van der Waals surface area contributed by atoms with Crippen molar-refractivity contribution in [2.45, 2.75) is 45.6 Å². The first-order valence-electron chi connectivity index (χ1n) is 7.63. The Bertz CT molecular complexity index is 400. The Hall–Kier alpha value is -1.10. The van der Waals surface area contributed by atoms with Gasteiger partial charge in [0.15, 0.2) is 0 Å². The molecule has 0 aromatic rings. The van der Waals surface area contributed by atoms with Crippen molar-refractivity contribution in [3.8, 4) is 0 Å². The van der Waals surface area contributed by atoms with Crippen LogP contribution in [0.1, 0.15) is 40.0 Å². The van der Waals surface area contributed by atoms with Gasteiger partial charge in [-0.15, -0.1) is 0 Å². The van der Waals surface area contributed by atoms with Crippen molar-refractivity contribution in [1.29, 1.82) is 0 Å². The fourth-order valence-electron chi connectivity index (χ4n) is 3.58. The summed E-state index contributed by atoms with van der Waals surface area (Å²) in [6, 6.07) is 0. The topological polar surface area (TPSA) is 52.7 Å². The maximum Gasteiger partial charge on any atom is 0.247 e. The maximum absolute atomic E-state index is 13.1. The molecule has 1 N–H and O–H groups in total. The SMILES string of the molecule is CCCC1(C(=O)N2CCN(C)C(=O)C2(C)C)CCNC1. The number of carbonyl (C=O) groups excluding carboxylic acids is 2. The lowest BCUT2D eigenvalue weighted by molar-refractivity contribution is -0.163. The number of likely N-dealkylation sites (N-methyl/N-ethyl adjacent to an activating group) is 1. The second-order valence-electron chi connectivity index (χ2n) is 6.70. The standard InChI is InChI=1S/C15H27N3O2/c1-5-6-15(7-8-16-11-15)13(20)18-10-9-17(4)12(19)14(18,2)3/h16H,5-11H2,1-4H3. The Kier molecular flexibility index (Phi) is 4.09. The molecule has 114 valence electrons. The first-order chi connectivity index (χ1) is 9.35. The molecule has 0 aromatic carbocycles. The Labute approximate surface area is 121 Å². The van der Waals surface area contributed by atoms with Gasteiger partial charge >= 0.3 is 0 Å². The maximum atomic E-state index is 13.1. The van der Waals surface area contributed by atoms with Gasteiger partial charge in [-0.25, -0.2) is 0 Å². The van der Waals surface area contributed by atoms with Gasteiger partial charge in [0.25, 0.3) is 0 Å². The van der Waals surface area contributed by atoms with Crippen LogP contribution in [0.5, 0.6) is 0 Å². The third kappa shape index (κ3) is 2.32. The number of hydrogen-bond acceptors (Lipinski definition) is 3. The molecule has 2 heterocycles. The molecule has 2 aliphatic rings. The van der Waals surface area contributed by atoms with Crippen LogP contribution in [0.25, 0.3) is 0 Å². The van der Waals surface area contributed by atoms with E-state index in [1.165, 1.54) is 0 Å². The van der Waals surface area contributed by atoms with Crippen molar-refractivity contribution in [1.82, 2.24) is 15.1 Å². The van der Waals surface area contributed by atoms with E-state index in [-0.39, 0.29) is 17.2 Å². The Balaban J connectivity index is 2.25. The smallest absolute Gasteiger partial charge is 0.247 e. The molecule has 2 saturated heterocycles. The van der Waals surface area contributed by atoms with Crippen molar-refractivity contribution in [2.24, 2.45) is 5.41 Å². The normalized spacial score (nSPS) is 29.9. The van der Waals surface area contributed by atoms with Crippen LogP contribution in [0.3, 0.4) is 0 Å². The predicted molar refractivity (Wildman–Crippen MR) is 78.3 cm³/mol. The second kappa shape index (κ2) is 5.35. The first-order valence-corrected chi connectivity index (χ1v) is 7.63. The zero-order chi connectivity index (χ0) is 15.0. The van der Waals surface area contributed by atoms with E-state index in [2.05, 4.69) is 12.2 Å². The molecule has 1 atom stereocenters. The van der Waals surface area contributed by atoms with Crippen LogP contribution in [0.4, 0.5) is 0 Å². The van der Waals surface area contributed by atoms with E-state index in [4.69, 9.17) is 0 Å². The lowest BCUT2D eigenvalue weighted by atomic mass is 9.79. The Morgan fingerprint density at radius 2 is 2.05 bits per heavy atom. The molecule has 5 nitrogen and oxygen atoms in total. The van der Waals surface area contributed by atoms with Gasteiger partial charge in [-0.2, -0.15) is 0 Å². The van der Waals surface area contributed by atoms with Gasteiger partial charge < -0.3 is 15.1 Å². The summed E-state index contributed by atoms with van der Waals surface area (Å²) in [6.07, 6.45) is 2.78.